The molecule has 0 saturated carbocycles. The summed E-state index contributed by atoms with van der Waals surface area (Å²) in [5.74, 6) is 0.780. The maximum absolute atomic E-state index is 6.27. The van der Waals surface area contributed by atoms with Crippen LogP contribution in [0.15, 0.2) is 58.0 Å². The molecule has 0 amide bonds. The maximum atomic E-state index is 6.27. The van der Waals surface area contributed by atoms with E-state index < -0.39 is 0 Å². The fourth-order valence-electron chi connectivity index (χ4n) is 2.50. The SMILES string of the molecule is C=c1onc(-c2ccccc2Cl)c1=C1N=C(c2ccccc2Cl)NO1. The van der Waals surface area contributed by atoms with E-state index in [1.807, 2.05) is 36.4 Å². The molecule has 2 aromatic carbocycles. The maximum Gasteiger partial charge on any atom is 0.261 e. The molecule has 1 N–H and O–H groups in total. The largest absolute Gasteiger partial charge is 0.359 e. The first-order valence-electron chi connectivity index (χ1n) is 7.35. The summed E-state index contributed by atoms with van der Waals surface area (Å²) >= 11 is 12.5. The number of hydrogen-bond acceptors (Lipinski definition) is 5. The Labute approximate surface area is 152 Å². The normalized spacial score (nSPS) is 15.5. The van der Waals surface area contributed by atoms with Crippen LogP contribution in [0.4, 0.5) is 0 Å². The fourth-order valence-corrected chi connectivity index (χ4v) is 2.95. The van der Waals surface area contributed by atoms with Crippen molar-refractivity contribution < 1.29 is 9.36 Å². The summed E-state index contributed by atoms with van der Waals surface area (Å²) in [7, 11) is 0. The zero-order valence-electron chi connectivity index (χ0n) is 12.8. The second-order valence-corrected chi connectivity index (χ2v) is 6.07. The van der Waals surface area contributed by atoms with Gasteiger partial charge in [0.05, 0.1) is 10.0 Å². The Bertz CT molecular complexity index is 1110. The number of hydrogen-bond donors (Lipinski definition) is 1. The lowest BCUT2D eigenvalue weighted by atomic mass is 10.1. The van der Waals surface area contributed by atoms with Gasteiger partial charge in [-0.25, -0.2) is 5.48 Å². The van der Waals surface area contributed by atoms with Crippen LogP contribution in [0, 0.1) is 0 Å². The van der Waals surface area contributed by atoms with E-state index in [0.717, 1.165) is 5.56 Å². The molecule has 0 atom stereocenters. The van der Waals surface area contributed by atoms with E-state index in [4.69, 9.17) is 32.6 Å². The van der Waals surface area contributed by atoms with Crippen LogP contribution in [-0.4, -0.2) is 11.0 Å². The molecule has 0 spiro atoms. The van der Waals surface area contributed by atoms with Gasteiger partial charge in [-0.2, -0.15) is 4.99 Å². The lowest BCUT2D eigenvalue weighted by Crippen LogP contribution is -2.24. The van der Waals surface area contributed by atoms with Crippen LogP contribution in [-0.2, 0) is 4.84 Å². The summed E-state index contributed by atoms with van der Waals surface area (Å²) in [6.45, 7) is 3.86. The molecule has 1 aliphatic rings. The second-order valence-electron chi connectivity index (χ2n) is 5.26. The van der Waals surface area contributed by atoms with Crippen LogP contribution < -0.4 is 16.1 Å². The zero-order chi connectivity index (χ0) is 17.4. The van der Waals surface area contributed by atoms with Gasteiger partial charge in [-0.15, -0.1) is 0 Å². The highest BCUT2D eigenvalue weighted by atomic mass is 35.5. The van der Waals surface area contributed by atoms with Gasteiger partial charge in [0, 0.05) is 11.1 Å². The Kier molecular flexibility index (Phi) is 3.95. The summed E-state index contributed by atoms with van der Waals surface area (Å²) in [4.78, 5) is 9.99. The van der Waals surface area contributed by atoms with Crippen molar-refractivity contribution in [3.8, 4) is 11.3 Å². The van der Waals surface area contributed by atoms with Gasteiger partial charge in [-0.3, -0.25) is 0 Å². The number of aliphatic imine (C=N–C) groups is 1. The Balaban J connectivity index is 1.91. The number of amidine groups is 1. The standard InChI is InChI=1S/C18H11Cl2N3O2/c1-10-15(16(22-24-10)11-6-2-4-8-13(11)19)18-21-17(23-25-18)12-7-3-5-9-14(12)20/h2-9H,1H2,(H,21,23). The Hall–Kier alpha value is -2.76. The molecule has 0 bridgehead atoms. The average molecular weight is 372 g/mol. The van der Waals surface area contributed by atoms with Crippen LogP contribution in [0.3, 0.4) is 0 Å². The van der Waals surface area contributed by atoms with Gasteiger partial charge in [0.25, 0.3) is 5.88 Å². The average Bonchev–Trinajstić information content (AvgIpc) is 3.22. The minimum atomic E-state index is 0.288. The quantitative estimate of drug-likeness (QED) is 0.751. The van der Waals surface area contributed by atoms with Gasteiger partial charge in [0.15, 0.2) is 11.3 Å². The third kappa shape index (κ3) is 2.77. The van der Waals surface area contributed by atoms with Gasteiger partial charge in [-0.1, -0.05) is 65.3 Å². The molecule has 4 rings (SSSR count). The van der Waals surface area contributed by atoms with Gasteiger partial charge < -0.3 is 9.36 Å². The lowest BCUT2D eigenvalue weighted by molar-refractivity contribution is 0.229. The number of hydroxylamine groups is 1. The van der Waals surface area contributed by atoms with Crippen molar-refractivity contribution >= 4 is 41.5 Å². The van der Waals surface area contributed by atoms with Gasteiger partial charge >= 0.3 is 0 Å². The lowest BCUT2D eigenvalue weighted by Gasteiger charge is -2.02. The van der Waals surface area contributed by atoms with E-state index in [-0.39, 0.29) is 5.88 Å². The van der Waals surface area contributed by atoms with Crippen molar-refractivity contribution in [1.29, 1.82) is 0 Å². The molecule has 1 aromatic heterocycles. The van der Waals surface area contributed by atoms with E-state index in [9.17, 15) is 0 Å². The molecule has 124 valence electrons. The number of benzene rings is 2. The smallest absolute Gasteiger partial charge is 0.261 e. The number of nitrogens with zero attached hydrogens (tertiary/aromatic N) is 2. The van der Waals surface area contributed by atoms with Gasteiger partial charge in [0.2, 0.25) is 0 Å². The van der Waals surface area contributed by atoms with Crippen LogP contribution in [0.1, 0.15) is 5.56 Å². The molecular weight excluding hydrogens is 361 g/mol. The third-order valence-electron chi connectivity index (χ3n) is 3.69. The number of rotatable bonds is 2. The molecule has 0 radical (unpaired) electrons. The Morgan fingerprint density at radius 1 is 0.920 bits per heavy atom. The molecule has 1 aliphatic heterocycles. The highest BCUT2D eigenvalue weighted by molar-refractivity contribution is 6.34. The Morgan fingerprint density at radius 2 is 1.56 bits per heavy atom. The molecule has 25 heavy (non-hydrogen) atoms. The predicted octanol–water partition coefficient (Wildman–Crippen LogP) is 3.11. The first-order chi connectivity index (χ1) is 12.1. The number of nitrogens with one attached hydrogen (secondary N) is 1. The molecule has 2 heterocycles. The first-order valence-corrected chi connectivity index (χ1v) is 8.11. The van der Waals surface area contributed by atoms with Crippen LogP contribution in [0.5, 0.6) is 0 Å². The minimum absolute atomic E-state index is 0.288. The van der Waals surface area contributed by atoms with Crippen molar-refractivity contribution in [3.63, 3.8) is 0 Å². The third-order valence-corrected chi connectivity index (χ3v) is 4.35. The van der Waals surface area contributed by atoms with E-state index >= 15 is 0 Å². The number of halogens is 2. The zero-order valence-corrected chi connectivity index (χ0v) is 14.3. The van der Waals surface area contributed by atoms with Crippen LogP contribution in [0.2, 0.25) is 10.0 Å². The fraction of sp³-hybridized carbons (Fsp3) is 0. The summed E-state index contributed by atoms with van der Waals surface area (Å²) in [6.07, 6.45) is 0. The minimum Gasteiger partial charge on any atom is -0.359 e. The van der Waals surface area contributed by atoms with E-state index in [0.29, 0.717) is 37.8 Å². The highest BCUT2D eigenvalue weighted by Gasteiger charge is 2.21. The summed E-state index contributed by atoms with van der Waals surface area (Å²) in [5, 5.41) is 5.69. The molecule has 0 saturated heterocycles. The molecule has 7 heteroatoms. The Morgan fingerprint density at radius 3 is 2.24 bits per heavy atom. The van der Waals surface area contributed by atoms with Gasteiger partial charge in [0.1, 0.15) is 10.9 Å². The topological polar surface area (TPSA) is 59.7 Å². The van der Waals surface area contributed by atoms with Crippen LogP contribution in [0.25, 0.3) is 23.7 Å². The molecule has 0 aliphatic carbocycles. The molecule has 3 aromatic rings. The molecular formula is C18H11Cl2N3O2. The van der Waals surface area contributed by atoms with Crippen molar-refractivity contribution in [1.82, 2.24) is 10.6 Å². The van der Waals surface area contributed by atoms with Gasteiger partial charge in [-0.05, 0) is 18.2 Å². The van der Waals surface area contributed by atoms with E-state index in [1.165, 1.54) is 0 Å². The van der Waals surface area contributed by atoms with E-state index in [1.54, 1.807) is 12.1 Å². The highest BCUT2D eigenvalue weighted by Crippen LogP contribution is 2.24. The van der Waals surface area contributed by atoms with Crippen molar-refractivity contribution in [2.75, 3.05) is 0 Å². The summed E-state index contributed by atoms with van der Waals surface area (Å²) < 4.78 is 5.24. The molecule has 0 fully saturated rings. The summed E-state index contributed by atoms with van der Waals surface area (Å²) in [6, 6.07) is 14.6. The second kappa shape index (κ2) is 6.27. The van der Waals surface area contributed by atoms with Crippen molar-refractivity contribution in [3.05, 3.63) is 74.8 Å². The van der Waals surface area contributed by atoms with Crippen LogP contribution >= 0.6 is 23.2 Å². The molecule has 5 nitrogen and oxygen atoms in total. The monoisotopic (exact) mass is 371 g/mol. The van der Waals surface area contributed by atoms with Crippen molar-refractivity contribution in [2.45, 2.75) is 0 Å². The predicted molar refractivity (Wildman–Crippen MR) is 97.3 cm³/mol. The summed E-state index contributed by atoms with van der Waals surface area (Å²) in [5.41, 5.74) is 5.04. The number of aromatic nitrogens is 1. The van der Waals surface area contributed by atoms with Crippen molar-refractivity contribution in [2.24, 2.45) is 4.99 Å². The van der Waals surface area contributed by atoms with E-state index in [2.05, 4.69) is 22.2 Å². The molecule has 0 unspecified atom stereocenters. The first kappa shape index (κ1) is 15.7.